The minimum atomic E-state index is -4.66. The fraction of sp³-hybridized carbons (Fsp3) is 0.480. The number of nitrogens with two attached hydrogens (primary N) is 2. The van der Waals surface area contributed by atoms with E-state index in [9.17, 15) is 13.2 Å². The Labute approximate surface area is 221 Å². The van der Waals surface area contributed by atoms with Crippen LogP contribution in [-0.2, 0) is 18.3 Å². The molecule has 4 aromatic heterocycles. The molecule has 4 aromatic rings. The number of likely N-dealkylation sites (tertiary alicyclic amines) is 1. The number of alkyl halides is 3. The molecule has 0 aromatic carbocycles. The van der Waals surface area contributed by atoms with Crippen LogP contribution in [0.2, 0.25) is 0 Å². The maximum atomic E-state index is 13.1. The highest BCUT2D eigenvalue weighted by Crippen LogP contribution is 2.43. The molecule has 11 nitrogen and oxygen atoms in total. The third kappa shape index (κ3) is 4.83. The Morgan fingerprint density at radius 2 is 1.92 bits per heavy atom. The summed E-state index contributed by atoms with van der Waals surface area (Å²) in [6.45, 7) is 1.88. The Morgan fingerprint density at radius 3 is 2.64 bits per heavy atom. The molecule has 0 bridgehead atoms. The predicted molar refractivity (Wildman–Crippen MR) is 135 cm³/mol. The van der Waals surface area contributed by atoms with E-state index in [-0.39, 0.29) is 29.8 Å². The Bertz CT molecular complexity index is 1450. The summed E-state index contributed by atoms with van der Waals surface area (Å²) < 4.78 is 47.3. The summed E-state index contributed by atoms with van der Waals surface area (Å²) in [6.07, 6.45) is 5.39. The van der Waals surface area contributed by atoms with E-state index < -0.39 is 12.0 Å². The van der Waals surface area contributed by atoms with Crippen molar-refractivity contribution >= 4 is 11.0 Å². The first kappa shape index (κ1) is 25.6. The quantitative estimate of drug-likeness (QED) is 0.320. The SMILES string of the molecule is NCc1cc(OC2CCN(C3CC(CN)(n4cc(-c5ncnc6[nH]ccc56)cn4)C3)CC2)nc(C(F)(F)F)n1. The zero-order valence-corrected chi connectivity index (χ0v) is 21.1. The number of nitrogens with zero attached hydrogens (tertiary/aromatic N) is 7. The Balaban J connectivity index is 1.08. The van der Waals surface area contributed by atoms with E-state index >= 15 is 0 Å². The number of halogens is 3. The van der Waals surface area contributed by atoms with Crippen LogP contribution in [0.25, 0.3) is 22.3 Å². The summed E-state index contributed by atoms with van der Waals surface area (Å²) in [5, 5.41) is 5.59. The summed E-state index contributed by atoms with van der Waals surface area (Å²) >= 11 is 0. The molecule has 5 heterocycles. The molecule has 206 valence electrons. The normalized spacial score (nSPS) is 22.7. The van der Waals surface area contributed by atoms with Crippen LogP contribution in [0, 0.1) is 0 Å². The highest BCUT2D eigenvalue weighted by atomic mass is 19.4. The third-order valence-electron chi connectivity index (χ3n) is 7.81. The van der Waals surface area contributed by atoms with Crippen LogP contribution < -0.4 is 16.2 Å². The zero-order chi connectivity index (χ0) is 27.2. The van der Waals surface area contributed by atoms with Crippen molar-refractivity contribution < 1.29 is 17.9 Å². The second-order valence-corrected chi connectivity index (χ2v) is 10.2. The summed E-state index contributed by atoms with van der Waals surface area (Å²) in [7, 11) is 0. The molecule has 6 rings (SSSR count). The first-order valence-corrected chi connectivity index (χ1v) is 12.9. The van der Waals surface area contributed by atoms with Crippen LogP contribution in [0.15, 0.2) is 37.1 Å². The first-order valence-electron chi connectivity index (χ1n) is 12.9. The Morgan fingerprint density at radius 1 is 1.13 bits per heavy atom. The maximum absolute atomic E-state index is 13.1. The molecule has 0 radical (unpaired) electrons. The third-order valence-corrected chi connectivity index (χ3v) is 7.81. The highest BCUT2D eigenvalue weighted by molar-refractivity contribution is 5.89. The van der Waals surface area contributed by atoms with Gasteiger partial charge >= 0.3 is 6.18 Å². The van der Waals surface area contributed by atoms with E-state index in [0.29, 0.717) is 25.4 Å². The Kier molecular flexibility index (Phi) is 6.47. The number of rotatable bonds is 7. The molecular formula is C25H29F3N10O. The van der Waals surface area contributed by atoms with Crippen molar-refractivity contribution in [2.45, 2.75) is 56.1 Å². The lowest BCUT2D eigenvalue weighted by Gasteiger charge is -2.52. The molecule has 2 fully saturated rings. The molecule has 5 N–H and O–H groups in total. The second kappa shape index (κ2) is 9.84. The lowest BCUT2D eigenvalue weighted by molar-refractivity contribution is -0.145. The monoisotopic (exact) mass is 542 g/mol. The first-order chi connectivity index (χ1) is 18.8. The van der Waals surface area contributed by atoms with E-state index in [2.05, 4.69) is 34.9 Å². The van der Waals surface area contributed by atoms with Gasteiger partial charge in [-0.15, -0.1) is 0 Å². The van der Waals surface area contributed by atoms with Gasteiger partial charge in [0.2, 0.25) is 11.7 Å². The molecule has 1 aliphatic heterocycles. The molecule has 39 heavy (non-hydrogen) atoms. The van der Waals surface area contributed by atoms with Crippen LogP contribution >= 0.6 is 0 Å². The van der Waals surface area contributed by atoms with Gasteiger partial charge in [-0.05, 0) is 31.7 Å². The highest BCUT2D eigenvalue weighted by Gasteiger charge is 2.48. The summed E-state index contributed by atoms with van der Waals surface area (Å²) in [6, 6.07) is 3.67. The van der Waals surface area contributed by atoms with Gasteiger partial charge in [0.15, 0.2) is 0 Å². The molecule has 14 heteroatoms. The van der Waals surface area contributed by atoms with Crippen molar-refractivity contribution in [2.75, 3.05) is 19.6 Å². The van der Waals surface area contributed by atoms with Crippen LogP contribution in [0.5, 0.6) is 5.88 Å². The average Bonchev–Trinajstić information content (AvgIpc) is 3.59. The standard InChI is InChI=1S/C25H29F3N10O/c26-25(27,28)23-35-16(10-29)7-20(36-23)39-18-2-5-37(6-3-18)17-8-24(9-17,13-30)38-12-15(11-34-38)21-19-1-4-31-22(19)33-14-32-21/h1,4,7,11-12,14,17-18H,2-3,5-6,8-10,13,29-30H2,(H,31,32,33). The van der Waals surface area contributed by atoms with Gasteiger partial charge in [0.25, 0.3) is 0 Å². The van der Waals surface area contributed by atoms with Gasteiger partial charge in [0, 0.05) is 61.6 Å². The van der Waals surface area contributed by atoms with Crippen LogP contribution in [-0.4, -0.2) is 71.4 Å². The second-order valence-electron chi connectivity index (χ2n) is 10.2. The van der Waals surface area contributed by atoms with Gasteiger partial charge in [-0.1, -0.05) is 0 Å². The molecule has 0 atom stereocenters. The van der Waals surface area contributed by atoms with E-state index in [0.717, 1.165) is 48.2 Å². The zero-order valence-electron chi connectivity index (χ0n) is 21.1. The number of hydrogen-bond donors (Lipinski definition) is 3. The van der Waals surface area contributed by atoms with Gasteiger partial charge in [-0.25, -0.2) is 15.0 Å². The van der Waals surface area contributed by atoms with Gasteiger partial charge in [0.05, 0.1) is 23.1 Å². The average molecular weight is 543 g/mol. The lowest BCUT2D eigenvalue weighted by Crippen LogP contribution is -2.61. The smallest absolute Gasteiger partial charge is 0.451 e. The Hall–Kier alpha value is -3.62. The van der Waals surface area contributed by atoms with Gasteiger partial charge in [-0.2, -0.15) is 23.3 Å². The van der Waals surface area contributed by atoms with E-state index in [1.165, 1.54) is 12.4 Å². The van der Waals surface area contributed by atoms with Crippen molar-refractivity contribution in [3.05, 3.63) is 48.6 Å². The molecule has 1 saturated heterocycles. The van der Waals surface area contributed by atoms with Crippen molar-refractivity contribution in [2.24, 2.45) is 11.5 Å². The topological polar surface area (TPSA) is 150 Å². The van der Waals surface area contributed by atoms with Gasteiger partial charge < -0.3 is 21.2 Å². The van der Waals surface area contributed by atoms with E-state index in [1.54, 1.807) is 0 Å². The van der Waals surface area contributed by atoms with E-state index in [4.69, 9.17) is 16.2 Å². The fourth-order valence-corrected chi connectivity index (χ4v) is 5.62. The number of H-pyrrole nitrogens is 1. The molecule has 0 unspecified atom stereocenters. The molecule has 2 aliphatic rings. The summed E-state index contributed by atoms with van der Waals surface area (Å²) in [5.74, 6) is -1.32. The van der Waals surface area contributed by atoms with Crippen molar-refractivity contribution in [3.8, 4) is 17.1 Å². The lowest BCUT2D eigenvalue weighted by atomic mass is 9.71. The fourth-order valence-electron chi connectivity index (χ4n) is 5.62. The molecule has 0 amide bonds. The minimum absolute atomic E-state index is 0.0860. The van der Waals surface area contributed by atoms with Crippen LogP contribution in [0.3, 0.4) is 0 Å². The number of piperidine rings is 1. The predicted octanol–water partition coefficient (Wildman–Crippen LogP) is 2.45. The van der Waals surface area contributed by atoms with Crippen LogP contribution in [0.4, 0.5) is 13.2 Å². The number of aromatic amines is 1. The number of ether oxygens (including phenoxy) is 1. The maximum Gasteiger partial charge on any atom is 0.451 e. The van der Waals surface area contributed by atoms with Crippen molar-refractivity contribution in [3.63, 3.8) is 0 Å². The molecular weight excluding hydrogens is 513 g/mol. The molecule has 1 aliphatic carbocycles. The van der Waals surface area contributed by atoms with E-state index in [1.807, 2.05) is 29.3 Å². The van der Waals surface area contributed by atoms with Gasteiger partial charge in [-0.3, -0.25) is 9.58 Å². The molecule has 0 spiro atoms. The van der Waals surface area contributed by atoms with Crippen molar-refractivity contribution in [1.82, 2.24) is 39.6 Å². The number of fused-ring (bicyclic) bond motifs is 1. The largest absolute Gasteiger partial charge is 0.474 e. The number of nitrogens with one attached hydrogen (secondary N) is 1. The summed E-state index contributed by atoms with van der Waals surface area (Å²) in [5.41, 5.74) is 14.1. The molecule has 1 saturated carbocycles. The number of hydrogen-bond acceptors (Lipinski definition) is 9. The van der Waals surface area contributed by atoms with Crippen molar-refractivity contribution in [1.29, 1.82) is 0 Å². The number of aromatic nitrogens is 7. The minimum Gasteiger partial charge on any atom is -0.474 e. The van der Waals surface area contributed by atoms with Crippen LogP contribution in [0.1, 0.15) is 37.2 Å². The van der Waals surface area contributed by atoms with Gasteiger partial charge in [0.1, 0.15) is 18.1 Å². The summed E-state index contributed by atoms with van der Waals surface area (Å²) in [4.78, 5) is 21.3.